The van der Waals surface area contributed by atoms with E-state index < -0.39 is 0 Å². The molecule has 1 N–H and O–H groups in total. The minimum atomic E-state index is -0.160. The second-order valence-corrected chi connectivity index (χ2v) is 6.47. The normalized spacial score (nSPS) is 14.5. The zero-order valence-corrected chi connectivity index (χ0v) is 11.0. The second-order valence-electron chi connectivity index (χ2n) is 6.47. The van der Waals surface area contributed by atoms with Gasteiger partial charge in [0.1, 0.15) is 6.29 Å². The Morgan fingerprint density at radius 3 is 2.00 bits per heavy atom. The molecule has 2 heteroatoms. The van der Waals surface area contributed by atoms with E-state index in [0.717, 1.165) is 18.4 Å². The van der Waals surface area contributed by atoms with Crippen LogP contribution in [0.25, 0.3) is 0 Å². The Morgan fingerprint density at radius 2 is 1.73 bits per heavy atom. The third-order valence-electron chi connectivity index (χ3n) is 2.17. The molecular formula is C13H25NO. The standard InChI is InChI=1S/C13H25NO/c1-10(8-12(2,3)4)14-11(9-15)13(5,6)7/h9,11,14H,1,8H2,2-7H3. The van der Waals surface area contributed by atoms with Gasteiger partial charge in [-0.2, -0.15) is 0 Å². The lowest BCUT2D eigenvalue weighted by atomic mass is 9.86. The molecule has 0 aliphatic carbocycles. The van der Waals surface area contributed by atoms with Gasteiger partial charge in [-0.25, -0.2) is 0 Å². The van der Waals surface area contributed by atoms with Crippen LogP contribution in [0.1, 0.15) is 48.0 Å². The molecule has 0 amide bonds. The van der Waals surface area contributed by atoms with E-state index in [0.29, 0.717) is 0 Å². The summed E-state index contributed by atoms with van der Waals surface area (Å²) in [5.41, 5.74) is 1.08. The third kappa shape index (κ3) is 6.32. The number of allylic oxidation sites excluding steroid dienone is 1. The van der Waals surface area contributed by atoms with Crippen molar-refractivity contribution in [3.63, 3.8) is 0 Å². The Morgan fingerprint density at radius 1 is 1.27 bits per heavy atom. The molecule has 0 aromatic heterocycles. The SMILES string of the molecule is C=C(CC(C)(C)C)NC(C=O)C(C)(C)C. The number of hydrogen-bond donors (Lipinski definition) is 1. The number of carbonyl (C=O) groups excluding carboxylic acids is 1. The molecule has 1 atom stereocenters. The van der Waals surface area contributed by atoms with E-state index in [-0.39, 0.29) is 16.9 Å². The van der Waals surface area contributed by atoms with Crippen LogP contribution in [0.2, 0.25) is 0 Å². The molecule has 0 saturated carbocycles. The van der Waals surface area contributed by atoms with E-state index in [4.69, 9.17) is 0 Å². The number of nitrogens with one attached hydrogen (secondary N) is 1. The molecule has 2 nitrogen and oxygen atoms in total. The van der Waals surface area contributed by atoms with Crippen LogP contribution < -0.4 is 5.32 Å². The van der Waals surface area contributed by atoms with E-state index in [1.165, 1.54) is 0 Å². The Kier molecular flexibility index (Phi) is 4.57. The van der Waals surface area contributed by atoms with Gasteiger partial charge in [-0.05, 0) is 17.3 Å². The van der Waals surface area contributed by atoms with Crippen LogP contribution in [-0.2, 0) is 4.79 Å². The van der Waals surface area contributed by atoms with Crippen molar-refractivity contribution in [2.75, 3.05) is 0 Å². The average molecular weight is 211 g/mol. The zero-order valence-electron chi connectivity index (χ0n) is 11.0. The van der Waals surface area contributed by atoms with Gasteiger partial charge < -0.3 is 10.1 Å². The fourth-order valence-corrected chi connectivity index (χ4v) is 1.37. The third-order valence-corrected chi connectivity index (χ3v) is 2.17. The molecule has 15 heavy (non-hydrogen) atoms. The van der Waals surface area contributed by atoms with Crippen molar-refractivity contribution in [3.8, 4) is 0 Å². The summed E-state index contributed by atoms with van der Waals surface area (Å²) in [6.45, 7) is 16.6. The van der Waals surface area contributed by atoms with E-state index >= 15 is 0 Å². The molecular weight excluding hydrogens is 186 g/mol. The summed E-state index contributed by atoms with van der Waals surface area (Å²) >= 11 is 0. The van der Waals surface area contributed by atoms with Crippen LogP contribution in [0.15, 0.2) is 12.3 Å². The number of carbonyl (C=O) groups is 1. The largest absolute Gasteiger partial charge is 0.379 e. The maximum atomic E-state index is 10.9. The summed E-state index contributed by atoms with van der Waals surface area (Å²) < 4.78 is 0. The van der Waals surface area contributed by atoms with Gasteiger partial charge in [0.25, 0.3) is 0 Å². The highest BCUT2D eigenvalue weighted by Gasteiger charge is 2.25. The van der Waals surface area contributed by atoms with Crippen LogP contribution in [-0.4, -0.2) is 12.3 Å². The zero-order chi connectivity index (χ0) is 12.3. The summed E-state index contributed by atoms with van der Waals surface area (Å²) in [5.74, 6) is 0. The lowest BCUT2D eigenvalue weighted by Gasteiger charge is -2.30. The number of hydrogen-bond acceptors (Lipinski definition) is 2. The molecule has 0 saturated heterocycles. The maximum absolute atomic E-state index is 10.9. The van der Waals surface area contributed by atoms with Crippen LogP contribution >= 0.6 is 0 Å². The van der Waals surface area contributed by atoms with Gasteiger partial charge >= 0.3 is 0 Å². The van der Waals surface area contributed by atoms with Crippen molar-refractivity contribution in [1.29, 1.82) is 0 Å². The highest BCUT2D eigenvalue weighted by molar-refractivity contribution is 5.59. The molecule has 0 bridgehead atoms. The fourth-order valence-electron chi connectivity index (χ4n) is 1.37. The molecule has 0 aliphatic rings. The molecule has 0 fully saturated rings. The van der Waals surface area contributed by atoms with Gasteiger partial charge in [-0.3, -0.25) is 0 Å². The van der Waals surface area contributed by atoms with Gasteiger partial charge in [0.15, 0.2) is 0 Å². The summed E-state index contributed by atoms with van der Waals surface area (Å²) in [6, 6.07) is -0.160. The second kappa shape index (κ2) is 4.82. The fraction of sp³-hybridized carbons (Fsp3) is 0.769. The number of aldehydes is 1. The first kappa shape index (κ1) is 14.2. The maximum Gasteiger partial charge on any atom is 0.142 e. The van der Waals surface area contributed by atoms with E-state index in [1.807, 2.05) is 20.8 Å². The molecule has 0 aliphatic heterocycles. The van der Waals surface area contributed by atoms with Gasteiger partial charge in [0, 0.05) is 5.70 Å². The minimum Gasteiger partial charge on any atom is -0.379 e. The first-order chi connectivity index (χ1) is 6.56. The van der Waals surface area contributed by atoms with Crippen molar-refractivity contribution >= 4 is 6.29 Å². The van der Waals surface area contributed by atoms with Crippen molar-refractivity contribution < 1.29 is 4.79 Å². The lowest BCUT2D eigenvalue weighted by Crippen LogP contribution is -2.41. The summed E-state index contributed by atoms with van der Waals surface area (Å²) in [7, 11) is 0. The monoisotopic (exact) mass is 211 g/mol. The van der Waals surface area contributed by atoms with Crippen molar-refractivity contribution in [2.24, 2.45) is 10.8 Å². The van der Waals surface area contributed by atoms with Gasteiger partial charge in [0.2, 0.25) is 0 Å². The predicted octanol–water partition coefficient (Wildman–Crippen LogP) is 3.14. The van der Waals surface area contributed by atoms with E-state index in [9.17, 15) is 4.79 Å². The lowest BCUT2D eigenvalue weighted by molar-refractivity contribution is -0.111. The first-order valence-corrected chi connectivity index (χ1v) is 5.46. The van der Waals surface area contributed by atoms with Crippen LogP contribution in [0.4, 0.5) is 0 Å². The minimum absolute atomic E-state index is 0.0669. The average Bonchev–Trinajstić information content (AvgIpc) is 1.94. The Balaban J connectivity index is 4.33. The molecule has 0 radical (unpaired) electrons. The van der Waals surface area contributed by atoms with Gasteiger partial charge in [0.05, 0.1) is 6.04 Å². The van der Waals surface area contributed by atoms with Crippen LogP contribution in [0, 0.1) is 10.8 Å². The highest BCUT2D eigenvalue weighted by Crippen LogP contribution is 2.24. The number of rotatable bonds is 4. The molecule has 0 spiro atoms. The van der Waals surface area contributed by atoms with Crippen LogP contribution in [0.5, 0.6) is 0 Å². The first-order valence-electron chi connectivity index (χ1n) is 5.46. The smallest absolute Gasteiger partial charge is 0.142 e. The van der Waals surface area contributed by atoms with Gasteiger partial charge in [-0.15, -0.1) is 0 Å². The highest BCUT2D eigenvalue weighted by atomic mass is 16.1. The summed E-state index contributed by atoms with van der Waals surface area (Å²) in [6.07, 6.45) is 1.85. The molecule has 88 valence electrons. The summed E-state index contributed by atoms with van der Waals surface area (Å²) in [5, 5.41) is 3.20. The molecule has 1 unspecified atom stereocenters. The Labute approximate surface area is 94.1 Å². The molecule has 0 rings (SSSR count). The van der Waals surface area contributed by atoms with E-state index in [2.05, 4.69) is 32.7 Å². The van der Waals surface area contributed by atoms with E-state index in [1.54, 1.807) is 0 Å². The van der Waals surface area contributed by atoms with Crippen molar-refractivity contribution in [2.45, 2.75) is 54.0 Å². The van der Waals surface area contributed by atoms with Crippen molar-refractivity contribution in [3.05, 3.63) is 12.3 Å². The molecule has 0 aromatic carbocycles. The Hall–Kier alpha value is -0.790. The van der Waals surface area contributed by atoms with Crippen LogP contribution in [0.3, 0.4) is 0 Å². The topological polar surface area (TPSA) is 29.1 Å². The molecule has 0 aromatic rings. The van der Waals surface area contributed by atoms with Gasteiger partial charge in [-0.1, -0.05) is 48.1 Å². The Bertz CT molecular complexity index is 230. The van der Waals surface area contributed by atoms with Crippen molar-refractivity contribution in [1.82, 2.24) is 5.32 Å². The summed E-state index contributed by atoms with van der Waals surface area (Å²) in [4.78, 5) is 10.9. The molecule has 0 heterocycles. The predicted molar refractivity (Wildman–Crippen MR) is 65.7 cm³/mol. The quantitative estimate of drug-likeness (QED) is 0.724.